The summed E-state index contributed by atoms with van der Waals surface area (Å²) in [5, 5.41) is 6.59. The van der Waals surface area contributed by atoms with Gasteiger partial charge in [0.25, 0.3) is 0 Å². The molecule has 3 rings (SSSR count). The first kappa shape index (κ1) is 23.3. The van der Waals surface area contributed by atoms with Crippen molar-refractivity contribution >= 4 is 11.6 Å². The van der Waals surface area contributed by atoms with E-state index in [4.69, 9.17) is 4.74 Å². The monoisotopic (exact) mass is 424 g/mol. The maximum absolute atomic E-state index is 13.1. The van der Waals surface area contributed by atoms with Crippen LogP contribution < -0.4 is 20.3 Å². The van der Waals surface area contributed by atoms with Crippen LogP contribution in [0.4, 0.5) is 5.69 Å². The molecule has 31 heavy (non-hydrogen) atoms. The highest BCUT2D eigenvalue weighted by Crippen LogP contribution is 2.29. The van der Waals surface area contributed by atoms with E-state index in [1.54, 1.807) is 0 Å². The Hall–Kier alpha value is -2.41. The molecular weight excluding hydrogens is 388 g/mol. The number of amides is 1. The lowest BCUT2D eigenvalue weighted by molar-refractivity contribution is -0.119. The van der Waals surface area contributed by atoms with E-state index in [1.165, 1.54) is 0 Å². The van der Waals surface area contributed by atoms with Crippen LogP contribution in [0.15, 0.2) is 54.6 Å². The van der Waals surface area contributed by atoms with Crippen LogP contribution in [-0.2, 0) is 4.79 Å². The number of ether oxygens (including phenoxy) is 1. The van der Waals surface area contributed by atoms with Gasteiger partial charge in [-0.25, -0.2) is 0 Å². The van der Waals surface area contributed by atoms with Crippen molar-refractivity contribution in [3.05, 3.63) is 60.2 Å². The van der Waals surface area contributed by atoms with Gasteiger partial charge in [-0.15, -0.1) is 0 Å². The Morgan fingerprint density at radius 3 is 2.68 bits per heavy atom. The number of nitrogens with zero attached hydrogens (tertiary/aromatic N) is 2. The van der Waals surface area contributed by atoms with E-state index in [2.05, 4.69) is 41.6 Å². The summed E-state index contributed by atoms with van der Waals surface area (Å²) in [6.45, 7) is 6.24. The van der Waals surface area contributed by atoms with Crippen LogP contribution in [0.5, 0.6) is 5.75 Å². The first-order valence-corrected chi connectivity index (χ1v) is 11.3. The molecule has 0 radical (unpaired) electrons. The minimum atomic E-state index is -0.0423. The Balaban J connectivity index is 1.75. The van der Waals surface area contributed by atoms with Crippen molar-refractivity contribution in [2.24, 2.45) is 0 Å². The second kappa shape index (κ2) is 11.8. The number of rotatable bonds is 10. The summed E-state index contributed by atoms with van der Waals surface area (Å²) in [4.78, 5) is 17.2. The average Bonchev–Trinajstić information content (AvgIpc) is 2.93. The van der Waals surface area contributed by atoms with E-state index >= 15 is 0 Å². The van der Waals surface area contributed by atoms with Crippen molar-refractivity contribution in [2.75, 3.05) is 51.7 Å². The van der Waals surface area contributed by atoms with Gasteiger partial charge in [0, 0.05) is 50.3 Å². The molecule has 0 aliphatic carbocycles. The summed E-state index contributed by atoms with van der Waals surface area (Å²) in [5.41, 5.74) is 2.06. The number of anilines is 1. The van der Waals surface area contributed by atoms with Crippen molar-refractivity contribution in [2.45, 2.75) is 31.9 Å². The number of nitrogens with one attached hydrogen (secondary N) is 2. The number of carbonyl (C=O) groups excluding carboxylic acids is 1. The van der Waals surface area contributed by atoms with Gasteiger partial charge in [-0.3, -0.25) is 9.69 Å². The molecule has 1 aliphatic rings. The Morgan fingerprint density at radius 2 is 1.94 bits per heavy atom. The van der Waals surface area contributed by atoms with Crippen molar-refractivity contribution < 1.29 is 9.53 Å². The fraction of sp³-hybridized carbons (Fsp3) is 0.480. The lowest BCUT2D eigenvalue weighted by Crippen LogP contribution is -2.40. The minimum Gasteiger partial charge on any atom is -0.486 e. The first-order chi connectivity index (χ1) is 15.1. The molecule has 6 heteroatoms. The van der Waals surface area contributed by atoms with Gasteiger partial charge in [0.05, 0.1) is 0 Å². The molecule has 1 saturated heterocycles. The van der Waals surface area contributed by atoms with Crippen LogP contribution in [-0.4, -0.2) is 63.7 Å². The highest BCUT2D eigenvalue weighted by Gasteiger charge is 2.27. The van der Waals surface area contributed by atoms with Gasteiger partial charge in [-0.1, -0.05) is 43.3 Å². The molecule has 0 saturated carbocycles. The molecule has 0 aromatic heterocycles. The van der Waals surface area contributed by atoms with Gasteiger partial charge < -0.3 is 20.3 Å². The van der Waals surface area contributed by atoms with Crippen LogP contribution in [0, 0.1) is 0 Å². The van der Waals surface area contributed by atoms with Gasteiger partial charge in [0.15, 0.2) is 0 Å². The number of carbonyl (C=O) groups is 1. The zero-order chi connectivity index (χ0) is 22.1. The predicted molar refractivity (Wildman–Crippen MR) is 127 cm³/mol. The van der Waals surface area contributed by atoms with Crippen LogP contribution in [0.3, 0.4) is 0 Å². The van der Waals surface area contributed by atoms with E-state index in [1.807, 2.05) is 54.4 Å². The standard InChI is InChI=1S/C25H36N4O2/c1-4-27-19-22-18-25(30)29(16-15-28(22)3)21-11-8-12-23(17-21)31-24(13-14-26-2)20-9-6-5-7-10-20/h5-12,17,22,24,26-27H,4,13-16,18-19H2,1-3H3/t22?,24-/m0/s1. The van der Waals surface area contributed by atoms with Crippen molar-refractivity contribution in [3.8, 4) is 5.75 Å². The molecule has 1 amide bonds. The molecule has 2 atom stereocenters. The third-order valence-corrected chi connectivity index (χ3v) is 5.88. The maximum atomic E-state index is 13.1. The fourth-order valence-electron chi connectivity index (χ4n) is 3.97. The Kier molecular flexibility index (Phi) is 8.88. The quantitative estimate of drug-likeness (QED) is 0.614. The summed E-state index contributed by atoms with van der Waals surface area (Å²) >= 11 is 0. The molecule has 2 aromatic rings. The highest BCUT2D eigenvalue weighted by atomic mass is 16.5. The first-order valence-electron chi connectivity index (χ1n) is 11.3. The molecule has 0 bridgehead atoms. The summed E-state index contributed by atoms with van der Waals surface area (Å²) < 4.78 is 6.40. The molecule has 168 valence electrons. The molecule has 1 heterocycles. The number of likely N-dealkylation sites (N-methyl/N-ethyl adjacent to an activating group) is 2. The molecule has 2 aromatic carbocycles. The van der Waals surface area contributed by atoms with Crippen molar-refractivity contribution in [1.29, 1.82) is 0 Å². The summed E-state index contributed by atoms with van der Waals surface area (Å²) in [5.74, 6) is 0.955. The van der Waals surface area contributed by atoms with E-state index in [0.717, 1.165) is 49.6 Å². The summed E-state index contributed by atoms with van der Waals surface area (Å²) in [7, 11) is 4.05. The molecular formula is C25H36N4O2. The number of hydrogen-bond donors (Lipinski definition) is 2. The van der Waals surface area contributed by atoms with Crippen molar-refractivity contribution in [1.82, 2.24) is 15.5 Å². The van der Waals surface area contributed by atoms with Crippen LogP contribution in [0.1, 0.15) is 31.4 Å². The third-order valence-electron chi connectivity index (χ3n) is 5.88. The second-order valence-corrected chi connectivity index (χ2v) is 8.10. The largest absolute Gasteiger partial charge is 0.486 e. The van der Waals surface area contributed by atoms with Gasteiger partial charge in [-0.2, -0.15) is 0 Å². The third kappa shape index (κ3) is 6.53. The maximum Gasteiger partial charge on any atom is 0.228 e. The summed E-state index contributed by atoms with van der Waals surface area (Å²) in [6.07, 6.45) is 1.34. The van der Waals surface area contributed by atoms with Gasteiger partial charge in [0.2, 0.25) is 5.91 Å². The highest BCUT2D eigenvalue weighted by molar-refractivity contribution is 5.94. The van der Waals surface area contributed by atoms with E-state index in [-0.39, 0.29) is 18.1 Å². The normalized spacial score (nSPS) is 18.6. The van der Waals surface area contributed by atoms with E-state index in [9.17, 15) is 4.79 Å². The molecule has 2 N–H and O–H groups in total. The zero-order valence-corrected chi connectivity index (χ0v) is 19.0. The molecule has 1 unspecified atom stereocenters. The Labute approximate surface area is 186 Å². The van der Waals surface area contributed by atoms with Gasteiger partial charge in [-0.05, 0) is 44.9 Å². The predicted octanol–water partition coefficient (Wildman–Crippen LogP) is 3.06. The zero-order valence-electron chi connectivity index (χ0n) is 19.0. The minimum absolute atomic E-state index is 0.0423. The topological polar surface area (TPSA) is 56.8 Å². The van der Waals surface area contributed by atoms with Gasteiger partial charge >= 0.3 is 0 Å². The SMILES string of the molecule is CCNCC1CC(=O)N(c2cccc(O[C@@H](CCNC)c3ccccc3)c2)CCN1C. The van der Waals surface area contributed by atoms with E-state index in [0.29, 0.717) is 13.0 Å². The van der Waals surface area contributed by atoms with Gasteiger partial charge in [0.1, 0.15) is 11.9 Å². The summed E-state index contributed by atoms with van der Waals surface area (Å²) in [6, 6.07) is 18.5. The van der Waals surface area contributed by atoms with E-state index < -0.39 is 0 Å². The van der Waals surface area contributed by atoms with Crippen LogP contribution >= 0.6 is 0 Å². The Morgan fingerprint density at radius 1 is 1.13 bits per heavy atom. The van der Waals surface area contributed by atoms with Crippen LogP contribution in [0.25, 0.3) is 0 Å². The number of hydrogen-bond acceptors (Lipinski definition) is 5. The fourth-order valence-corrected chi connectivity index (χ4v) is 3.97. The smallest absolute Gasteiger partial charge is 0.228 e. The lowest BCUT2D eigenvalue weighted by Gasteiger charge is -2.24. The molecule has 6 nitrogen and oxygen atoms in total. The van der Waals surface area contributed by atoms with Crippen molar-refractivity contribution in [3.63, 3.8) is 0 Å². The average molecular weight is 425 g/mol. The lowest BCUT2D eigenvalue weighted by atomic mass is 10.1. The number of benzene rings is 2. The Bertz CT molecular complexity index is 814. The second-order valence-electron chi connectivity index (χ2n) is 8.10. The molecule has 1 aliphatic heterocycles. The van der Waals surface area contributed by atoms with Crippen LogP contribution in [0.2, 0.25) is 0 Å². The molecule has 1 fully saturated rings. The molecule has 0 spiro atoms.